The SMILES string of the molecule is COc1ccc(-c2cnc(N)c(C3C=CC(N)=CC3)n2)cc1OC. The van der Waals surface area contributed by atoms with Crippen LogP contribution in [0.4, 0.5) is 5.82 Å². The molecule has 0 aliphatic heterocycles. The molecular formula is C18H20N4O2. The number of nitrogens with two attached hydrogens (primary N) is 2. The molecule has 0 bridgehead atoms. The van der Waals surface area contributed by atoms with Crippen molar-refractivity contribution in [2.24, 2.45) is 5.73 Å². The van der Waals surface area contributed by atoms with Crippen LogP contribution in [-0.4, -0.2) is 24.2 Å². The summed E-state index contributed by atoms with van der Waals surface area (Å²) in [5.74, 6) is 1.82. The number of benzene rings is 1. The second kappa shape index (κ2) is 6.62. The van der Waals surface area contributed by atoms with Crippen LogP contribution in [0.3, 0.4) is 0 Å². The molecule has 6 heteroatoms. The van der Waals surface area contributed by atoms with Gasteiger partial charge in [-0.2, -0.15) is 0 Å². The van der Waals surface area contributed by atoms with Crippen molar-refractivity contribution >= 4 is 5.82 Å². The number of rotatable bonds is 4. The van der Waals surface area contributed by atoms with Crippen LogP contribution in [0, 0.1) is 0 Å². The third kappa shape index (κ3) is 3.03. The van der Waals surface area contributed by atoms with E-state index >= 15 is 0 Å². The zero-order chi connectivity index (χ0) is 17.1. The van der Waals surface area contributed by atoms with Gasteiger partial charge in [-0.05, 0) is 30.7 Å². The number of nitrogens with zero attached hydrogens (tertiary/aromatic N) is 2. The number of methoxy groups -OCH3 is 2. The zero-order valence-electron chi connectivity index (χ0n) is 13.7. The van der Waals surface area contributed by atoms with Gasteiger partial charge < -0.3 is 20.9 Å². The van der Waals surface area contributed by atoms with E-state index in [1.54, 1.807) is 20.4 Å². The van der Waals surface area contributed by atoms with Gasteiger partial charge in [0, 0.05) is 17.2 Å². The molecule has 0 fully saturated rings. The molecule has 1 aliphatic carbocycles. The molecule has 6 nitrogen and oxygen atoms in total. The van der Waals surface area contributed by atoms with Gasteiger partial charge >= 0.3 is 0 Å². The lowest BCUT2D eigenvalue weighted by atomic mass is 9.95. The van der Waals surface area contributed by atoms with E-state index in [1.807, 2.05) is 36.4 Å². The van der Waals surface area contributed by atoms with E-state index in [4.69, 9.17) is 25.9 Å². The number of allylic oxidation sites excluding steroid dienone is 3. The van der Waals surface area contributed by atoms with Crippen molar-refractivity contribution in [1.82, 2.24) is 9.97 Å². The minimum Gasteiger partial charge on any atom is -0.493 e. The summed E-state index contributed by atoms with van der Waals surface area (Å²) in [5.41, 5.74) is 14.9. The number of hydrogen-bond acceptors (Lipinski definition) is 6. The van der Waals surface area contributed by atoms with Gasteiger partial charge in [-0.3, -0.25) is 0 Å². The molecule has 0 amide bonds. The Morgan fingerprint density at radius 1 is 1.12 bits per heavy atom. The maximum Gasteiger partial charge on any atom is 0.161 e. The van der Waals surface area contributed by atoms with Crippen molar-refractivity contribution in [2.45, 2.75) is 12.3 Å². The van der Waals surface area contributed by atoms with Crippen molar-refractivity contribution in [3.63, 3.8) is 0 Å². The van der Waals surface area contributed by atoms with Crippen molar-refractivity contribution in [3.05, 3.63) is 54.0 Å². The van der Waals surface area contributed by atoms with Gasteiger partial charge in [0.1, 0.15) is 5.82 Å². The molecule has 0 spiro atoms. The van der Waals surface area contributed by atoms with Crippen LogP contribution >= 0.6 is 0 Å². The Kier molecular flexibility index (Phi) is 4.37. The highest BCUT2D eigenvalue weighted by molar-refractivity contribution is 5.64. The number of nitrogen functional groups attached to an aromatic ring is 1. The maximum atomic E-state index is 6.03. The molecule has 2 aromatic rings. The molecule has 1 atom stereocenters. The lowest BCUT2D eigenvalue weighted by Gasteiger charge is -2.17. The highest BCUT2D eigenvalue weighted by Crippen LogP contribution is 2.33. The van der Waals surface area contributed by atoms with E-state index in [-0.39, 0.29) is 5.92 Å². The van der Waals surface area contributed by atoms with E-state index in [1.165, 1.54) is 0 Å². The van der Waals surface area contributed by atoms with Crippen molar-refractivity contribution in [3.8, 4) is 22.8 Å². The fourth-order valence-electron chi connectivity index (χ4n) is 2.66. The molecule has 1 unspecified atom stereocenters. The van der Waals surface area contributed by atoms with Gasteiger partial charge in [0.25, 0.3) is 0 Å². The van der Waals surface area contributed by atoms with E-state index in [9.17, 15) is 0 Å². The van der Waals surface area contributed by atoms with Crippen molar-refractivity contribution in [1.29, 1.82) is 0 Å². The summed E-state index contributed by atoms with van der Waals surface area (Å²) >= 11 is 0. The Hall–Kier alpha value is -3.02. The van der Waals surface area contributed by atoms with E-state index in [2.05, 4.69) is 4.98 Å². The predicted octanol–water partition coefficient (Wildman–Crippen LogP) is 2.63. The molecule has 0 saturated carbocycles. The molecule has 124 valence electrons. The second-order valence-electron chi connectivity index (χ2n) is 5.50. The Bertz CT molecular complexity index is 815. The average molecular weight is 324 g/mol. The molecule has 1 heterocycles. The Morgan fingerprint density at radius 3 is 2.58 bits per heavy atom. The number of ether oxygens (including phenoxy) is 2. The molecular weight excluding hydrogens is 304 g/mol. The maximum absolute atomic E-state index is 6.03. The third-order valence-corrected chi connectivity index (χ3v) is 3.99. The highest BCUT2D eigenvalue weighted by atomic mass is 16.5. The molecule has 24 heavy (non-hydrogen) atoms. The minimum absolute atomic E-state index is 0.0740. The average Bonchev–Trinajstić information content (AvgIpc) is 2.62. The standard InChI is InChI=1S/C18H20N4O2/c1-23-15-8-5-12(9-16(15)24-2)14-10-21-18(20)17(22-14)11-3-6-13(19)7-4-11/h3,5-11H,4,19H2,1-2H3,(H2,20,21). The van der Waals surface area contributed by atoms with Crippen LogP contribution in [0.2, 0.25) is 0 Å². The summed E-state index contributed by atoms with van der Waals surface area (Å²) in [6, 6.07) is 5.63. The Labute approximate surface area is 140 Å². The summed E-state index contributed by atoms with van der Waals surface area (Å²) < 4.78 is 10.6. The monoisotopic (exact) mass is 324 g/mol. The largest absolute Gasteiger partial charge is 0.493 e. The summed E-state index contributed by atoms with van der Waals surface area (Å²) in [6.45, 7) is 0. The van der Waals surface area contributed by atoms with Gasteiger partial charge in [0.05, 0.1) is 31.8 Å². The molecule has 0 radical (unpaired) electrons. The van der Waals surface area contributed by atoms with Crippen LogP contribution in [-0.2, 0) is 0 Å². The van der Waals surface area contributed by atoms with Gasteiger partial charge in [-0.25, -0.2) is 9.97 Å². The molecule has 0 saturated heterocycles. The van der Waals surface area contributed by atoms with Crippen LogP contribution in [0.5, 0.6) is 11.5 Å². The van der Waals surface area contributed by atoms with Crippen LogP contribution < -0.4 is 20.9 Å². The second-order valence-corrected chi connectivity index (χ2v) is 5.50. The lowest BCUT2D eigenvalue weighted by molar-refractivity contribution is 0.355. The van der Waals surface area contributed by atoms with Crippen LogP contribution in [0.1, 0.15) is 18.0 Å². The Balaban J connectivity index is 1.98. The third-order valence-electron chi connectivity index (χ3n) is 3.99. The first kappa shape index (κ1) is 15.9. The number of aromatic nitrogens is 2. The summed E-state index contributed by atoms with van der Waals surface area (Å²) in [6.07, 6.45) is 8.27. The Morgan fingerprint density at radius 2 is 1.92 bits per heavy atom. The van der Waals surface area contributed by atoms with E-state index in [0.29, 0.717) is 17.3 Å². The predicted molar refractivity (Wildman–Crippen MR) is 93.8 cm³/mol. The van der Waals surface area contributed by atoms with Crippen LogP contribution in [0.25, 0.3) is 11.3 Å². The molecule has 1 aromatic carbocycles. The van der Waals surface area contributed by atoms with Gasteiger partial charge in [0.15, 0.2) is 11.5 Å². The minimum atomic E-state index is 0.0740. The fourth-order valence-corrected chi connectivity index (χ4v) is 2.66. The normalized spacial score (nSPS) is 16.6. The quantitative estimate of drug-likeness (QED) is 0.897. The first-order valence-electron chi connectivity index (χ1n) is 7.61. The first-order valence-corrected chi connectivity index (χ1v) is 7.61. The molecule has 4 N–H and O–H groups in total. The molecule has 1 aliphatic rings. The smallest absolute Gasteiger partial charge is 0.161 e. The molecule has 3 rings (SSSR count). The first-order chi connectivity index (χ1) is 11.6. The van der Waals surface area contributed by atoms with E-state index < -0.39 is 0 Å². The van der Waals surface area contributed by atoms with Crippen LogP contribution in [0.15, 0.2) is 48.3 Å². The van der Waals surface area contributed by atoms with Gasteiger partial charge in [-0.15, -0.1) is 0 Å². The van der Waals surface area contributed by atoms with Gasteiger partial charge in [-0.1, -0.05) is 12.2 Å². The number of anilines is 1. The highest BCUT2D eigenvalue weighted by Gasteiger charge is 2.17. The van der Waals surface area contributed by atoms with Crippen molar-refractivity contribution in [2.75, 3.05) is 20.0 Å². The fraction of sp³-hybridized carbons (Fsp3) is 0.222. The molecule has 1 aromatic heterocycles. The lowest BCUT2D eigenvalue weighted by Crippen LogP contribution is -2.09. The number of hydrogen-bond donors (Lipinski definition) is 2. The van der Waals surface area contributed by atoms with E-state index in [0.717, 1.165) is 29.1 Å². The zero-order valence-corrected chi connectivity index (χ0v) is 13.7. The summed E-state index contributed by atoms with van der Waals surface area (Å²) in [4.78, 5) is 9.02. The van der Waals surface area contributed by atoms with Gasteiger partial charge in [0.2, 0.25) is 0 Å². The summed E-state index contributed by atoms with van der Waals surface area (Å²) in [7, 11) is 3.21. The van der Waals surface area contributed by atoms with Crippen molar-refractivity contribution < 1.29 is 9.47 Å². The topological polar surface area (TPSA) is 96.3 Å². The summed E-state index contributed by atoms with van der Waals surface area (Å²) in [5, 5.41) is 0.